The van der Waals surface area contributed by atoms with E-state index in [4.69, 9.17) is 9.47 Å². The van der Waals surface area contributed by atoms with Crippen LogP contribution in [0.1, 0.15) is 33.1 Å². The van der Waals surface area contributed by atoms with Crippen LogP contribution in [-0.4, -0.2) is 76.9 Å². The van der Waals surface area contributed by atoms with E-state index in [-0.39, 0.29) is 25.0 Å². The molecule has 3 fully saturated rings. The largest absolute Gasteiger partial charge is 0.497 e. The van der Waals surface area contributed by atoms with Gasteiger partial charge in [0.2, 0.25) is 5.91 Å². The first kappa shape index (κ1) is 25.2. The molecule has 1 spiro atoms. The zero-order valence-corrected chi connectivity index (χ0v) is 20.4. The molecule has 0 saturated carbocycles. The predicted octanol–water partition coefficient (Wildman–Crippen LogP) is 2.08. The highest BCUT2D eigenvalue weighted by molar-refractivity contribution is 6.04. The average molecular weight is 487 g/mol. The fourth-order valence-electron chi connectivity index (χ4n) is 6.23. The van der Waals surface area contributed by atoms with E-state index >= 15 is 0 Å². The van der Waals surface area contributed by atoms with Crippen molar-refractivity contribution in [1.29, 1.82) is 0 Å². The molecule has 35 heavy (non-hydrogen) atoms. The standard InChI is InChI=1S/C26H34N2O7/c1-5-12-27(16-6-8-18(34-4)9-7-16)24(31)22-26-11-10-19(35-26)20(25(32)33)21(26)23(30)28(22)17(14-29)13-15(2)3/h5-9,15,17,19-22,29H,1,10-14H2,2-4H3,(H,32,33)/t17-,19+,20-,21-,22+,26-/m1/s1. The van der Waals surface area contributed by atoms with E-state index in [2.05, 4.69) is 6.58 Å². The summed E-state index contributed by atoms with van der Waals surface area (Å²) in [5.74, 6) is -3.09. The smallest absolute Gasteiger partial charge is 0.310 e. The molecule has 3 heterocycles. The van der Waals surface area contributed by atoms with Crippen molar-refractivity contribution >= 4 is 23.5 Å². The van der Waals surface area contributed by atoms with Crippen molar-refractivity contribution in [3.63, 3.8) is 0 Å². The number of nitrogens with zero attached hydrogens (tertiary/aromatic N) is 2. The summed E-state index contributed by atoms with van der Waals surface area (Å²) < 4.78 is 11.5. The number of ether oxygens (including phenoxy) is 2. The number of carbonyl (C=O) groups excluding carboxylic acids is 2. The first-order valence-corrected chi connectivity index (χ1v) is 12.1. The van der Waals surface area contributed by atoms with Gasteiger partial charge in [-0.15, -0.1) is 6.58 Å². The minimum atomic E-state index is -1.24. The van der Waals surface area contributed by atoms with Gasteiger partial charge in [0.05, 0.1) is 37.7 Å². The third-order valence-corrected chi connectivity index (χ3v) is 7.57. The summed E-state index contributed by atoms with van der Waals surface area (Å²) in [7, 11) is 1.56. The zero-order valence-electron chi connectivity index (χ0n) is 20.4. The van der Waals surface area contributed by atoms with E-state index < -0.39 is 47.5 Å². The minimum Gasteiger partial charge on any atom is -0.497 e. The SMILES string of the molecule is C=CCN(C(=O)[C@@H]1N([C@@H](CO)CC(C)C)C(=O)[C@H]2[C@H](C(=O)O)[C@@H]3CC[C@]12O3)c1ccc(OC)cc1. The normalized spacial score (nSPS) is 29.9. The number of hydrogen-bond donors (Lipinski definition) is 2. The number of benzene rings is 1. The highest BCUT2D eigenvalue weighted by atomic mass is 16.5. The zero-order chi connectivity index (χ0) is 25.5. The lowest BCUT2D eigenvalue weighted by Gasteiger charge is -2.39. The van der Waals surface area contributed by atoms with Crippen molar-refractivity contribution in [2.24, 2.45) is 17.8 Å². The minimum absolute atomic E-state index is 0.145. The van der Waals surface area contributed by atoms with Crippen LogP contribution in [0.3, 0.4) is 0 Å². The van der Waals surface area contributed by atoms with Crippen LogP contribution in [0.4, 0.5) is 5.69 Å². The van der Waals surface area contributed by atoms with Gasteiger partial charge < -0.3 is 29.5 Å². The first-order chi connectivity index (χ1) is 16.7. The van der Waals surface area contributed by atoms with Gasteiger partial charge in [0.25, 0.3) is 5.91 Å². The second-order valence-electron chi connectivity index (χ2n) is 10.0. The Hall–Kier alpha value is -2.91. The van der Waals surface area contributed by atoms with Gasteiger partial charge in [-0.1, -0.05) is 19.9 Å². The molecule has 0 radical (unpaired) electrons. The van der Waals surface area contributed by atoms with Crippen LogP contribution < -0.4 is 9.64 Å². The molecule has 0 aromatic heterocycles. The quantitative estimate of drug-likeness (QED) is 0.487. The van der Waals surface area contributed by atoms with E-state index in [0.29, 0.717) is 30.7 Å². The first-order valence-electron chi connectivity index (χ1n) is 12.1. The van der Waals surface area contributed by atoms with Crippen molar-refractivity contribution in [3.05, 3.63) is 36.9 Å². The van der Waals surface area contributed by atoms with Crippen molar-refractivity contribution in [1.82, 2.24) is 4.90 Å². The molecule has 3 aliphatic rings. The molecule has 4 rings (SSSR count). The van der Waals surface area contributed by atoms with Crippen molar-refractivity contribution < 1.29 is 34.1 Å². The number of aliphatic carboxylic acids is 1. The average Bonchev–Trinajstić information content (AvgIpc) is 3.48. The predicted molar refractivity (Wildman–Crippen MR) is 128 cm³/mol. The van der Waals surface area contributed by atoms with Gasteiger partial charge >= 0.3 is 5.97 Å². The molecule has 2 bridgehead atoms. The molecule has 9 nitrogen and oxygen atoms in total. The van der Waals surface area contributed by atoms with Gasteiger partial charge in [-0.05, 0) is 49.4 Å². The van der Waals surface area contributed by atoms with E-state index in [1.807, 2.05) is 13.8 Å². The summed E-state index contributed by atoms with van der Waals surface area (Å²) in [6.45, 7) is 7.60. The van der Waals surface area contributed by atoms with Crippen molar-refractivity contribution in [2.75, 3.05) is 25.2 Å². The number of hydrogen-bond acceptors (Lipinski definition) is 6. The van der Waals surface area contributed by atoms with Crippen LogP contribution in [-0.2, 0) is 19.1 Å². The Morgan fingerprint density at radius 3 is 2.57 bits per heavy atom. The van der Waals surface area contributed by atoms with Crippen molar-refractivity contribution in [2.45, 2.75) is 56.9 Å². The maximum atomic E-state index is 14.3. The Labute approximate surface area is 205 Å². The monoisotopic (exact) mass is 486 g/mol. The highest BCUT2D eigenvalue weighted by Gasteiger charge is 2.75. The Balaban J connectivity index is 1.81. The second kappa shape index (κ2) is 9.62. The molecule has 190 valence electrons. The molecule has 0 unspecified atom stereocenters. The summed E-state index contributed by atoms with van der Waals surface area (Å²) in [4.78, 5) is 43.3. The number of rotatable bonds is 10. The lowest BCUT2D eigenvalue weighted by molar-refractivity contribution is -0.151. The Morgan fingerprint density at radius 2 is 2.03 bits per heavy atom. The molecule has 1 aromatic rings. The van der Waals surface area contributed by atoms with Crippen LogP contribution in [0.5, 0.6) is 5.75 Å². The summed E-state index contributed by atoms with van der Waals surface area (Å²) in [6.07, 6.45) is 2.35. The number of carboxylic acid groups (broad SMARTS) is 1. The van der Waals surface area contributed by atoms with Gasteiger partial charge in [0, 0.05) is 12.2 Å². The third kappa shape index (κ3) is 4.00. The van der Waals surface area contributed by atoms with Gasteiger partial charge in [-0.2, -0.15) is 0 Å². The molecule has 6 atom stereocenters. The molecule has 0 aliphatic carbocycles. The topological polar surface area (TPSA) is 117 Å². The number of likely N-dealkylation sites (tertiary alicyclic amines) is 1. The summed E-state index contributed by atoms with van der Waals surface area (Å²) in [5, 5.41) is 20.2. The van der Waals surface area contributed by atoms with Crippen LogP contribution >= 0.6 is 0 Å². The van der Waals surface area contributed by atoms with Gasteiger partial charge in [-0.25, -0.2) is 0 Å². The van der Waals surface area contributed by atoms with Crippen LogP contribution in [0.15, 0.2) is 36.9 Å². The molecule has 3 aliphatic heterocycles. The Morgan fingerprint density at radius 1 is 1.34 bits per heavy atom. The van der Waals surface area contributed by atoms with E-state index in [0.717, 1.165) is 0 Å². The van der Waals surface area contributed by atoms with E-state index in [1.165, 1.54) is 9.80 Å². The lowest BCUT2D eigenvalue weighted by Crippen LogP contribution is -2.59. The number of aliphatic hydroxyl groups excluding tert-OH is 1. The van der Waals surface area contributed by atoms with Crippen LogP contribution in [0, 0.1) is 17.8 Å². The fourth-order valence-corrected chi connectivity index (χ4v) is 6.23. The Kier molecular flexibility index (Phi) is 6.92. The van der Waals surface area contributed by atoms with E-state index in [1.54, 1.807) is 37.5 Å². The molecule has 9 heteroatoms. The summed E-state index contributed by atoms with van der Waals surface area (Å²) in [5.41, 5.74) is -0.646. The fraction of sp³-hybridized carbons (Fsp3) is 0.577. The maximum absolute atomic E-state index is 14.3. The lowest BCUT2D eigenvalue weighted by atomic mass is 9.70. The van der Waals surface area contributed by atoms with Crippen molar-refractivity contribution in [3.8, 4) is 5.75 Å². The number of methoxy groups -OCH3 is 1. The van der Waals surface area contributed by atoms with Crippen LogP contribution in [0.2, 0.25) is 0 Å². The van der Waals surface area contributed by atoms with Gasteiger partial charge in [0.15, 0.2) is 0 Å². The van der Waals surface area contributed by atoms with Gasteiger partial charge in [0.1, 0.15) is 17.4 Å². The number of carboxylic acids is 1. The highest BCUT2D eigenvalue weighted by Crippen LogP contribution is 2.59. The van der Waals surface area contributed by atoms with Crippen LogP contribution in [0.25, 0.3) is 0 Å². The molecular formula is C26H34N2O7. The molecule has 2 amide bonds. The summed E-state index contributed by atoms with van der Waals surface area (Å²) in [6, 6.07) is 5.31. The second-order valence-corrected chi connectivity index (χ2v) is 10.0. The molecular weight excluding hydrogens is 452 g/mol. The number of anilines is 1. The summed E-state index contributed by atoms with van der Waals surface area (Å²) >= 11 is 0. The molecule has 2 N–H and O–H groups in total. The van der Waals surface area contributed by atoms with E-state index in [9.17, 15) is 24.6 Å². The number of fused-ring (bicyclic) bond motifs is 1. The number of aliphatic hydroxyl groups is 1. The molecule has 1 aromatic carbocycles. The maximum Gasteiger partial charge on any atom is 0.310 e. The Bertz CT molecular complexity index is 994. The van der Waals surface area contributed by atoms with Gasteiger partial charge in [-0.3, -0.25) is 14.4 Å². The number of amides is 2. The molecule has 3 saturated heterocycles. The third-order valence-electron chi connectivity index (χ3n) is 7.57. The number of carbonyl (C=O) groups is 3.